The molecular formula is C10H16O3. The number of hydrogen-bond donors (Lipinski definition) is 0. The maximum atomic E-state index is 11.3. The van der Waals surface area contributed by atoms with Gasteiger partial charge in [0.25, 0.3) is 0 Å². The van der Waals surface area contributed by atoms with E-state index in [-0.39, 0.29) is 12.1 Å². The molecule has 1 saturated heterocycles. The molecule has 0 aliphatic carbocycles. The van der Waals surface area contributed by atoms with Gasteiger partial charge in [0.15, 0.2) is 5.60 Å². The van der Waals surface area contributed by atoms with Crippen molar-refractivity contribution >= 4 is 5.97 Å². The largest absolute Gasteiger partial charge is 0.451 e. The van der Waals surface area contributed by atoms with E-state index in [2.05, 4.69) is 6.58 Å². The second-order valence-electron chi connectivity index (χ2n) is 3.54. The summed E-state index contributed by atoms with van der Waals surface area (Å²) in [5, 5.41) is 0. The molecule has 1 rings (SSSR count). The Bertz CT molecular complexity index is 230. The topological polar surface area (TPSA) is 35.5 Å². The maximum Gasteiger partial charge on any atom is 0.333 e. The van der Waals surface area contributed by atoms with Crippen LogP contribution >= 0.6 is 0 Å². The van der Waals surface area contributed by atoms with Crippen molar-refractivity contribution < 1.29 is 14.3 Å². The molecule has 13 heavy (non-hydrogen) atoms. The first-order valence-corrected chi connectivity index (χ1v) is 4.52. The zero-order valence-corrected chi connectivity index (χ0v) is 8.42. The Morgan fingerprint density at radius 1 is 1.77 bits per heavy atom. The number of hydrogen-bond acceptors (Lipinski definition) is 3. The predicted octanol–water partition coefficient (Wildman–Crippen LogP) is 1.67. The van der Waals surface area contributed by atoms with Gasteiger partial charge in [0.2, 0.25) is 0 Å². The molecule has 0 N–H and O–H groups in total. The molecule has 3 heteroatoms. The van der Waals surface area contributed by atoms with E-state index in [0.29, 0.717) is 12.2 Å². The van der Waals surface area contributed by atoms with Crippen LogP contribution in [0, 0.1) is 0 Å². The summed E-state index contributed by atoms with van der Waals surface area (Å²) in [6.07, 6.45) is 0.786. The molecule has 0 saturated carbocycles. The second-order valence-corrected chi connectivity index (χ2v) is 3.54. The molecule has 0 amide bonds. The van der Waals surface area contributed by atoms with E-state index >= 15 is 0 Å². The number of rotatable bonds is 3. The first-order valence-electron chi connectivity index (χ1n) is 4.52. The van der Waals surface area contributed by atoms with E-state index in [9.17, 15) is 4.79 Å². The van der Waals surface area contributed by atoms with Crippen LogP contribution in [-0.4, -0.2) is 24.3 Å². The predicted molar refractivity (Wildman–Crippen MR) is 49.3 cm³/mol. The quantitative estimate of drug-likeness (QED) is 0.494. The van der Waals surface area contributed by atoms with Crippen LogP contribution in [0.15, 0.2) is 12.2 Å². The minimum Gasteiger partial charge on any atom is -0.451 e. The van der Waals surface area contributed by atoms with Gasteiger partial charge in [0, 0.05) is 5.57 Å². The van der Waals surface area contributed by atoms with E-state index in [4.69, 9.17) is 9.47 Å². The van der Waals surface area contributed by atoms with Crippen molar-refractivity contribution in [3.05, 3.63) is 12.2 Å². The van der Waals surface area contributed by atoms with Gasteiger partial charge < -0.3 is 9.47 Å². The SMILES string of the molecule is C=C(C)C(=O)OC1(CC)COC1C. The first kappa shape index (κ1) is 10.3. The van der Waals surface area contributed by atoms with Gasteiger partial charge in [0.05, 0.1) is 12.7 Å². The summed E-state index contributed by atoms with van der Waals surface area (Å²) in [5.41, 5.74) is 0.0303. The molecule has 3 nitrogen and oxygen atoms in total. The highest BCUT2D eigenvalue weighted by molar-refractivity contribution is 5.87. The lowest BCUT2D eigenvalue weighted by Gasteiger charge is -2.45. The van der Waals surface area contributed by atoms with Crippen LogP contribution in [0.25, 0.3) is 0 Å². The van der Waals surface area contributed by atoms with Gasteiger partial charge in [-0.1, -0.05) is 13.5 Å². The summed E-state index contributed by atoms with van der Waals surface area (Å²) >= 11 is 0. The fraction of sp³-hybridized carbons (Fsp3) is 0.700. The fourth-order valence-corrected chi connectivity index (χ4v) is 1.28. The Kier molecular flexibility index (Phi) is 2.76. The van der Waals surface area contributed by atoms with Gasteiger partial charge in [-0.15, -0.1) is 0 Å². The summed E-state index contributed by atoms with van der Waals surface area (Å²) in [6, 6.07) is 0. The maximum absolute atomic E-state index is 11.3. The Labute approximate surface area is 78.7 Å². The summed E-state index contributed by atoms with van der Waals surface area (Å²) in [4.78, 5) is 11.3. The standard InChI is InChI=1S/C10H16O3/c1-5-10(6-12-8(10)4)13-9(11)7(2)3/h8H,2,5-6H2,1,3-4H3. The summed E-state index contributed by atoms with van der Waals surface area (Å²) < 4.78 is 10.5. The van der Waals surface area contributed by atoms with Crippen molar-refractivity contribution in [1.82, 2.24) is 0 Å². The third-order valence-corrected chi connectivity index (χ3v) is 2.56. The van der Waals surface area contributed by atoms with E-state index in [0.717, 1.165) is 6.42 Å². The molecule has 0 spiro atoms. The smallest absolute Gasteiger partial charge is 0.333 e. The lowest BCUT2D eigenvalue weighted by molar-refractivity contribution is -0.246. The highest BCUT2D eigenvalue weighted by Gasteiger charge is 2.47. The highest BCUT2D eigenvalue weighted by atomic mass is 16.6. The molecule has 0 aromatic heterocycles. The third kappa shape index (κ3) is 1.75. The van der Waals surface area contributed by atoms with E-state index < -0.39 is 5.60 Å². The van der Waals surface area contributed by atoms with Crippen molar-refractivity contribution in [2.24, 2.45) is 0 Å². The molecule has 0 aromatic rings. The van der Waals surface area contributed by atoms with Crippen LogP contribution < -0.4 is 0 Å². The molecule has 2 atom stereocenters. The van der Waals surface area contributed by atoms with Crippen molar-refractivity contribution in [1.29, 1.82) is 0 Å². The third-order valence-electron chi connectivity index (χ3n) is 2.56. The normalized spacial score (nSPS) is 32.1. The lowest BCUT2D eigenvalue weighted by atomic mass is 9.90. The van der Waals surface area contributed by atoms with Gasteiger partial charge in [-0.2, -0.15) is 0 Å². The molecule has 0 bridgehead atoms. The zero-order chi connectivity index (χ0) is 10.1. The summed E-state index contributed by atoms with van der Waals surface area (Å²) in [6.45, 7) is 9.60. The number of esters is 1. The molecule has 0 radical (unpaired) electrons. The van der Waals surface area contributed by atoms with Crippen molar-refractivity contribution in [2.75, 3.05) is 6.61 Å². The lowest BCUT2D eigenvalue weighted by Crippen LogP contribution is -2.59. The second kappa shape index (κ2) is 3.50. The summed E-state index contributed by atoms with van der Waals surface area (Å²) in [5.74, 6) is -0.322. The Balaban J connectivity index is 2.60. The van der Waals surface area contributed by atoms with Gasteiger partial charge in [-0.25, -0.2) is 4.79 Å². The van der Waals surface area contributed by atoms with Crippen LogP contribution in [0.3, 0.4) is 0 Å². The average Bonchev–Trinajstić information content (AvgIpc) is 2.10. The van der Waals surface area contributed by atoms with Crippen molar-refractivity contribution in [3.63, 3.8) is 0 Å². The van der Waals surface area contributed by atoms with Crippen LogP contribution in [0.5, 0.6) is 0 Å². The highest BCUT2D eigenvalue weighted by Crippen LogP contribution is 2.33. The molecule has 2 unspecified atom stereocenters. The van der Waals surface area contributed by atoms with Crippen LogP contribution in [0.1, 0.15) is 27.2 Å². The minimum atomic E-state index is -0.407. The van der Waals surface area contributed by atoms with E-state index in [1.54, 1.807) is 6.92 Å². The van der Waals surface area contributed by atoms with Gasteiger partial charge in [-0.05, 0) is 20.3 Å². The molecule has 1 aliphatic rings. The van der Waals surface area contributed by atoms with Gasteiger partial charge >= 0.3 is 5.97 Å². The van der Waals surface area contributed by atoms with Crippen molar-refractivity contribution in [3.8, 4) is 0 Å². The Hall–Kier alpha value is -0.830. The monoisotopic (exact) mass is 184 g/mol. The molecule has 1 heterocycles. The Morgan fingerprint density at radius 2 is 2.38 bits per heavy atom. The van der Waals surface area contributed by atoms with Crippen LogP contribution in [0.4, 0.5) is 0 Å². The van der Waals surface area contributed by atoms with E-state index in [1.165, 1.54) is 0 Å². The number of ether oxygens (including phenoxy) is 2. The van der Waals surface area contributed by atoms with E-state index in [1.807, 2.05) is 13.8 Å². The zero-order valence-electron chi connectivity index (χ0n) is 8.42. The van der Waals surface area contributed by atoms with Crippen LogP contribution in [-0.2, 0) is 14.3 Å². The fourth-order valence-electron chi connectivity index (χ4n) is 1.28. The molecular weight excluding hydrogens is 168 g/mol. The van der Waals surface area contributed by atoms with Crippen LogP contribution in [0.2, 0.25) is 0 Å². The van der Waals surface area contributed by atoms with Crippen molar-refractivity contribution in [2.45, 2.75) is 38.9 Å². The molecule has 1 fully saturated rings. The van der Waals surface area contributed by atoms with Gasteiger partial charge in [-0.3, -0.25) is 0 Å². The Morgan fingerprint density at radius 3 is 2.62 bits per heavy atom. The molecule has 1 aliphatic heterocycles. The molecule has 74 valence electrons. The number of carbonyl (C=O) groups excluding carboxylic acids is 1. The van der Waals surface area contributed by atoms with Gasteiger partial charge in [0.1, 0.15) is 0 Å². The average molecular weight is 184 g/mol. The molecule has 0 aromatic carbocycles. The minimum absolute atomic E-state index is 0.000741. The first-order chi connectivity index (χ1) is 6.02. The summed E-state index contributed by atoms with van der Waals surface area (Å²) in [7, 11) is 0. The number of carbonyl (C=O) groups is 1.